The predicted octanol–water partition coefficient (Wildman–Crippen LogP) is 5.20. The first-order chi connectivity index (χ1) is 16.2. The Morgan fingerprint density at radius 3 is 2.06 bits per heavy atom. The second kappa shape index (κ2) is 10.2. The number of likely N-dealkylation sites (tertiary alicyclic amines) is 1. The lowest BCUT2D eigenvalue weighted by Gasteiger charge is -2.42. The molecule has 4 nitrogen and oxygen atoms in total. The molecule has 33 heavy (non-hydrogen) atoms. The SMILES string of the molecule is OC(c1ccccc1)(c1ccccc1)C1CCN(CCSc2ccc3c(c2)OCCO3)CC1. The van der Waals surface area contributed by atoms with E-state index in [1.165, 1.54) is 4.90 Å². The number of hydrogen-bond acceptors (Lipinski definition) is 5. The Bertz CT molecular complexity index is 996. The van der Waals surface area contributed by atoms with Gasteiger partial charge in [0.2, 0.25) is 0 Å². The first-order valence-corrected chi connectivity index (χ1v) is 12.8. The standard InChI is InChI=1S/C28H31NO3S/c30-28(22-7-3-1-4-8-22,23-9-5-2-6-10-23)24-13-15-29(16-14-24)17-20-33-25-11-12-26-27(21-25)32-19-18-31-26/h1-12,21,24,30H,13-20H2. The minimum atomic E-state index is -0.950. The van der Waals surface area contributed by atoms with Gasteiger partial charge in [-0.15, -0.1) is 11.8 Å². The van der Waals surface area contributed by atoms with Crippen LogP contribution in [-0.2, 0) is 5.60 Å². The van der Waals surface area contributed by atoms with Crippen LogP contribution < -0.4 is 9.47 Å². The van der Waals surface area contributed by atoms with Gasteiger partial charge in [0.1, 0.15) is 18.8 Å². The van der Waals surface area contributed by atoms with Crippen molar-refractivity contribution < 1.29 is 14.6 Å². The highest BCUT2D eigenvalue weighted by Crippen LogP contribution is 2.42. The molecule has 3 aromatic rings. The van der Waals surface area contributed by atoms with Crippen molar-refractivity contribution in [1.82, 2.24) is 4.90 Å². The van der Waals surface area contributed by atoms with Gasteiger partial charge in [-0.25, -0.2) is 0 Å². The fraction of sp³-hybridized carbons (Fsp3) is 0.357. The highest BCUT2D eigenvalue weighted by Gasteiger charge is 2.41. The Labute approximate surface area is 200 Å². The Kier molecular flexibility index (Phi) is 6.91. The van der Waals surface area contributed by atoms with Crippen molar-refractivity contribution in [2.75, 3.05) is 38.6 Å². The molecule has 1 fully saturated rings. The van der Waals surface area contributed by atoms with Crippen LogP contribution in [0.4, 0.5) is 0 Å². The predicted molar refractivity (Wildman–Crippen MR) is 133 cm³/mol. The van der Waals surface area contributed by atoms with Crippen LogP contribution in [-0.4, -0.2) is 48.6 Å². The van der Waals surface area contributed by atoms with Gasteiger partial charge < -0.3 is 19.5 Å². The highest BCUT2D eigenvalue weighted by molar-refractivity contribution is 7.99. The van der Waals surface area contributed by atoms with Crippen LogP contribution in [0.1, 0.15) is 24.0 Å². The molecule has 2 aliphatic rings. The van der Waals surface area contributed by atoms with Gasteiger partial charge in [0.05, 0.1) is 0 Å². The van der Waals surface area contributed by atoms with E-state index in [0.717, 1.165) is 60.9 Å². The van der Waals surface area contributed by atoms with Gasteiger partial charge in [0.15, 0.2) is 11.5 Å². The molecule has 1 saturated heterocycles. The summed E-state index contributed by atoms with van der Waals surface area (Å²) in [4.78, 5) is 3.74. The molecule has 0 radical (unpaired) electrons. The molecule has 3 aromatic carbocycles. The Balaban J connectivity index is 1.19. The molecule has 172 valence electrons. The van der Waals surface area contributed by atoms with Crippen LogP contribution in [0.25, 0.3) is 0 Å². The summed E-state index contributed by atoms with van der Waals surface area (Å²) in [5.41, 5.74) is 1.03. The summed E-state index contributed by atoms with van der Waals surface area (Å²) in [6.45, 7) is 4.30. The van der Waals surface area contributed by atoms with Gasteiger partial charge in [-0.1, -0.05) is 60.7 Å². The lowest BCUT2D eigenvalue weighted by molar-refractivity contribution is -0.0133. The van der Waals surface area contributed by atoms with E-state index in [1.807, 2.05) is 54.2 Å². The van der Waals surface area contributed by atoms with Gasteiger partial charge in [-0.3, -0.25) is 0 Å². The van der Waals surface area contributed by atoms with Crippen molar-refractivity contribution in [3.63, 3.8) is 0 Å². The number of nitrogens with zero attached hydrogens (tertiary/aromatic N) is 1. The summed E-state index contributed by atoms with van der Waals surface area (Å²) in [5, 5.41) is 12.0. The zero-order chi connectivity index (χ0) is 22.5. The largest absolute Gasteiger partial charge is 0.486 e. The summed E-state index contributed by atoms with van der Waals surface area (Å²) in [7, 11) is 0. The maximum Gasteiger partial charge on any atom is 0.162 e. The van der Waals surface area contributed by atoms with Crippen molar-refractivity contribution in [3.8, 4) is 11.5 Å². The van der Waals surface area contributed by atoms with E-state index in [0.29, 0.717) is 13.2 Å². The number of rotatable bonds is 7. The third-order valence-electron chi connectivity index (χ3n) is 6.80. The zero-order valence-electron chi connectivity index (χ0n) is 18.9. The van der Waals surface area contributed by atoms with Crippen LogP contribution >= 0.6 is 11.8 Å². The minimum absolute atomic E-state index is 0.198. The average molecular weight is 462 g/mol. The van der Waals surface area contributed by atoms with Crippen molar-refractivity contribution in [2.24, 2.45) is 5.92 Å². The van der Waals surface area contributed by atoms with Crippen LogP contribution in [0.15, 0.2) is 83.8 Å². The summed E-state index contributed by atoms with van der Waals surface area (Å²) in [5.74, 6) is 2.93. The second-order valence-corrected chi connectivity index (χ2v) is 9.94. The fourth-order valence-corrected chi connectivity index (χ4v) is 5.94. The molecule has 0 aliphatic carbocycles. The number of hydrogen-bond donors (Lipinski definition) is 1. The topological polar surface area (TPSA) is 41.9 Å². The van der Waals surface area contributed by atoms with E-state index < -0.39 is 5.60 Å². The van der Waals surface area contributed by atoms with E-state index in [1.54, 1.807) is 0 Å². The van der Waals surface area contributed by atoms with E-state index >= 15 is 0 Å². The molecule has 0 aromatic heterocycles. The van der Waals surface area contributed by atoms with Gasteiger partial charge in [-0.2, -0.15) is 0 Å². The Hall–Kier alpha value is -2.47. The molecule has 1 N–H and O–H groups in total. The van der Waals surface area contributed by atoms with E-state index in [-0.39, 0.29) is 5.92 Å². The number of aliphatic hydroxyl groups is 1. The van der Waals surface area contributed by atoms with Gasteiger partial charge in [-0.05, 0) is 61.2 Å². The molecule has 2 heterocycles. The molecule has 0 unspecified atom stereocenters. The number of thioether (sulfide) groups is 1. The summed E-state index contributed by atoms with van der Waals surface area (Å²) < 4.78 is 11.3. The molecular weight excluding hydrogens is 430 g/mol. The number of ether oxygens (including phenoxy) is 2. The Morgan fingerprint density at radius 1 is 0.818 bits per heavy atom. The number of piperidine rings is 1. The van der Waals surface area contributed by atoms with Crippen molar-refractivity contribution in [1.29, 1.82) is 0 Å². The van der Waals surface area contributed by atoms with Crippen LogP contribution in [0.3, 0.4) is 0 Å². The molecule has 5 heteroatoms. The number of benzene rings is 3. The molecule has 2 aliphatic heterocycles. The van der Waals surface area contributed by atoms with E-state index in [9.17, 15) is 5.11 Å². The number of fused-ring (bicyclic) bond motifs is 1. The molecule has 0 bridgehead atoms. The molecule has 0 saturated carbocycles. The quantitative estimate of drug-likeness (QED) is 0.490. The normalized spacial score (nSPS) is 17.1. The first kappa shape index (κ1) is 22.3. The molecule has 0 spiro atoms. The van der Waals surface area contributed by atoms with Gasteiger partial charge in [0, 0.05) is 17.2 Å². The van der Waals surface area contributed by atoms with E-state index in [4.69, 9.17) is 9.47 Å². The smallest absolute Gasteiger partial charge is 0.162 e. The average Bonchev–Trinajstić information content (AvgIpc) is 2.89. The Morgan fingerprint density at radius 2 is 1.42 bits per heavy atom. The third kappa shape index (κ3) is 4.91. The maximum absolute atomic E-state index is 12.0. The van der Waals surface area contributed by atoms with Crippen LogP contribution in [0.5, 0.6) is 11.5 Å². The van der Waals surface area contributed by atoms with Crippen molar-refractivity contribution in [2.45, 2.75) is 23.3 Å². The first-order valence-electron chi connectivity index (χ1n) is 11.8. The van der Waals surface area contributed by atoms with E-state index in [2.05, 4.69) is 41.3 Å². The summed E-state index contributed by atoms with van der Waals surface area (Å²) in [6, 6.07) is 26.6. The summed E-state index contributed by atoms with van der Waals surface area (Å²) in [6.07, 6.45) is 1.96. The molecular formula is C28H31NO3S. The van der Waals surface area contributed by atoms with Gasteiger partial charge >= 0.3 is 0 Å². The summed E-state index contributed by atoms with van der Waals surface area (Å²) >= 11 is 1.86. The minimum Gasteiger partial charge on any atom is -0.486 e. The molecule has 0 amide bonds. The zero-order valence-corrected chi connectivity index (χ0v) is 19.7. The lowest BCUT2D eigenvalue weighted by atomic mass is 9.72. The maximum atomic E-state index is 12.0. The highest BCUT2D eigenvalue weighted by atomic mass is 32.2. The van der Waals surface area contributed by atoms with Gasteiger partial charge in [0.25, 0.3) is 0 Å². The fourth-order valence-electron chi connectivity index (χ4n) is 5.00. The van der Waals surface area contributed by atoms with Crippen LogP contribution in [0.2, 0.25) is 0 Å². The third-order valence-corrected chi connectivity index (χ3v) is 7.77. The lowest BCUT2D eigenvalue weighted by Crippen LogP contribution is -2.44. The van der Waals surface area contributed by atoms with Crippen molar-refractivity contribution >= 4 is 11.8 Å². The monoisotopic (exact) mass is 461 g/mol. The molecule has 5 rings (SSSR count). The van der Waals surface area contributed by atoms with Crippen LogP contribution in [0, 0.1) is 5.92 Å². The molecule has 0 atom stereocenters. The van der Waals surface area contributed by atoms with Crippen molar-refractivity contribution in [3.05, 3.63) is 90.0 Å². The second-order valence-electron chi connectivity index (χ2n) is 8.77.